The summed E-state index contributed by atoms with van der Waals surface area (Å²) in [6.45, 7) is 0. The first-order valence-electron chi connectivity index (χ1n) is 4.40. The van der Waals surface area contributed by atoms with Gasteiger partial charge in [-0.3, -0.25) is 4.79 Å². The summed E-state index contributed by atoms with van der Waals surface area (Å²) in [5.74, 6) is 0. The van der Waals surface area contributed by atoms with Crippen LogP contribution in [0, 0.1) is 0 Å². The lowest BCUT2D eigenvalue weighted by Crippen LogP contribution is -1.81. The van der Waals surface area contributed by atoms with Gasteiger partial charge in [0.25, 0.3) is 0 Å². The third-order valence-electron chi connectivity index (χ3n) is 1.94. The van der Waals surface area contributed by atoms with Crippen LogP contribution in [0.25, 0.3) is 10.6 Å². The summed E-state index contributed by atoms with van der Waals surface area (Å²) < 4.78 is 0.976. The number of carbonyl (C=O) groups is 1. The van der Waals surface area contributed by atoms with Crippen molar-refractivity contribution < 1.29 is 4.79 Å². The molecule has 0 aliphatic carbocycles. The molecule has 4 heteroatoms. The number of carbonyl (C=O) groups excluding carboxylic acids is 1. The van der Waals surface area contributed by atoms with Crippen molar-refractivity contribution in [3.8, 4) is 10.6 Å². The van der Waals surface area contributed by atoms with E-state index < -0.39 is 0 Å². The monoisotopic (exact) mass is 235 g/mol. The van der Waals surface area contributed by atoms with Crippen molar-refractivity contribution in [3.05, 3.63) is 36.0 Å². The van der Waals surface area contributed by atoms with Gasteiger partial charge in [-0.15, -0.1) is 23.1 Å². The molecule has 0 saturated heterocycles. The number of benzene rings is 1. The molecule has 1 heterocycles. The summed E-state index contributed by atoms with van der Waals surface area (Å²) in [6, 6.07) is 9.90. The highest BCUT2D eigenvalue weighted by Crippen LogP contribution is 2.32. The first kappa shape index (κ1) is 10.4. The Balaban J connectivity index is 2.46. The molecule has 76 valence electrons. The molecule has 1 aromatic carbocycles. The normalized spacial score (nSPS) is 10.2. The molecule has 0 amide bonds. The van der Waals surface area contributed by atoms with Gasteiger partial charge in [0.05, 0.1) is 4.21 Å². The second-order valence-electron chi connectivity index (χ2n) is 2.88. The Morgan fingerprint density at radius 2 is 2.07 bits per heavy atom. The lowest BCUT2D eigenvalue weighted by atomic mass is 10.2. The molecule has 15 heavy (non-hydrogen) atoms. The van der Waals surface area contributed by atoms with Crippen molar-refractivity contribution in [3.63, 3.8) is 0 Å². The topological polar surface area (TPSA) is 30.0 Å². The van der Waals surface area contributed by atoms with Gasteiger partial charge >= 0.3 is 0 Å². The zero-order valence-corrected chi connectivity index (χ0v) is 9.77. The Kier molecular flexibility index (Phi) is 3.18. The van der Waals surface area contributed by atoms with E-state index in [4.69, 9.17) is 0 Å². The van der Waals surface area contributed by atoms with Crippen LogP contribution < -0.4 is 0 Å². The van der Waals surface area contributed by atoms with Gasteiger partial charge < -0.3 is 0 Å². The molecule has 0 N–H and O–H groups in total. The third-order valence-corrected chi connectivity index (χ3v) is 4.18. The Labute approximate surface area is 96.4 Å². The van der Waals surface area contributed by atoms with E-state index in [1.165, 1.54) is 0 Å². The fourth-order valence-electron chi connectivity index (χ4n) is 1.24. The maximum Gasteiger partial charge on any atom is 0.170 e. The molecule has 0 fully saturated rings. The summed E-state index contributed by atoms with van der Waals surface area (Å²) in [6.07, 6.45) is 2.77. The Hall–Kier alpha value is -1.13. The van der Waals surface area contributed by atoms with Gasteiger partial charge in [-0.05, 0) is 6.26 Å². The van der Waals surface area contributed by atoms with Gasteiger partial charge in [0.2, 0.25) is 0 Å². The summed E-state index contributed by atoms with van der Waals surface area (Å²) in [7, 11) is 0. The molecule has 2 aromatic rings. The summed E-state index contributed by atoms with van der Waals surface area (Å²) in [5.41, 5.74) is 1.61. The van der Waals surface area contributed by atoms with E-state index in [0.29, 0.717) is 5.69 Å². The maximum absolute atomic E-state index is 10.8. The van der Waals surface area contributed by atoms with E-state index in [1.54, 1.807) is 23.1 Å². The van der Waals surface area contributed by atoms with E-state index in [0.717, 1.165) is 21.1 Å². The fraction of sp³-hybridized carbons (Fsp3) is 0.0909. The van der Waals surface area contributed by atoms with Crippen molar-refractivity contribution in [1.82, 2.24) is 4.98 Å². The smallest absolute Gasteiger partial charge is 0.170 e. The molecule has 0 aliphatic rings. The SMILES string of the molecule is CSc1sc(-c2ccccc2)nc1C=O. The van der Waals surface area contributed by atoms with Crippen LogP contribution >= 0.6 is 23.1 Å². The first-order chi connectivity index (χ1) is 7.35. The Morgan fingerprint density at radius 3 is 2.60 bits per heavy atom. The molecular formula is C11H9NOS2. The lowest BCUT2D eigenvalue weighted by molar-refractivity contribution is 0.111. The number of aldehydes is 1. The minimum Gasteiger partial charge on any atom is -0.296 e. The molecular weight excluding hydrogens is 226 g/mol. The van der Waals surface area contributed by atoms with Crippen LogP contribution in [0.15, 0.2) is 34.5 Å². The number of aromatic nitrogens is 1. The Morgan fingerprint density at radius 1 is 1.33 bits per heavy atom. The van der Waals surface area contributed by atoms with Crippen LogP contribution in [0.4, 0.5) is 0 Å². The minimum absolute atomic E-state index is 0.548. The van der Waals surface area contributed by atoms with Crippen molar-refractivity contribution in [1.29, 1.82) is 0 Å². The summed E-state index contributed by atoms with van der Waals surface area (Å²) in [5, 5.41) is 0.905. The molecule has 0 unspecified atom stereocenters. The summed E-state index contributed by atoms with van der Waals surface area (Å²) >= 11 is 3.12. The number of nitrogens with zero attached hydrogens (tertiary/aromatic N) is 1. The van der Waals surface area contributed by atoms with Crippen molar-refractivity contribution in [2.75, 3.05) is 6.26 Å². The van der Waals surface area contributed by atoms with Crippen LogP contribution in [0.3, 0.4) is 0 Å². The number of thioether (sulfide) groups is 1. The van der Waals surface area contributed by atoms with Gasteiger partial charge in [0.1, 0.15) is 10.7 Å². The van der Waals surface area contributed by atoms with Gasteiger partial charge in [0, 0.05) is 5.56 Å². The highest BCUT2D eigenvalue weighted by molar-refractivity contribution is 8.00. The number of hydrogen-bond acceptors (Lipinski definition) is 4. The van der Waals surface area contributed by atoms with Gasteiger partial charge in [0.15, 0.2) is 6.29 Å². The van der Waals surface area contributed by atoms with Crippen molar-refractivity contribution in [2.24, 2.45) is 0 Å². The molecule has 0 spiro atoms. The quantitative estimate of drug-likeness (QED) is 0.603. The predicted octanol–water partition coefficient (Wildman–Crippen LogP) is 3.34. The molecule has 0 aliphatic heterocycles. The maximum atomic E-state index is 10.8. The second kappa shape index (κ2) is 4.59. The molecule has 2 nitrogen and oxygen atoms in total. The fourth-order valence-corrected chi connectivity index (χ4v) is 2.89. The Bertz CT molecular complexity index is 465. The molecule has 0 saturated carbocycles. The van der Waals surface area contributed by atoms with E-state index in [1.807, 2.05) is 36.6 Å². The van der Waals surface area contributed by atoms with Crippen molar-refractivity contribution >= 4 is 29.4 Å². The second-order valence-corrected chi connectivity index (χ2v) is 4.95. The van der Waals surface area contributed by atoms with Gasteiger partial charge in [-0.25, -0.2) is 4.98 Å². The first-order valence-corrected chi connectivity index (χ1v) is 6.44. The van der Waals surface area contributed by atoms with Gasteiger partial charge in [-0.1, -0.05) is 30.3 Å². The number of rotatable bonds is 3. The highest BCUT2D eigenvalue weighted by Gasteiger charge is 2.10. The molecule has 2 rings (SSSR count). The van der Waals surface area contributed by atoms with E-state index in [9.17, 15) is 4.79 Å². The standard InChI is InChI=1S/C11H9NOS2/c1-14-11-9(7-13)12-10(15-11)8-5-3-2-4-6-8/h2-7H,1H3. The predicted molar refractivity (Wildman–Crippen MR) is 64.7 cm³/mol. The van der Waals surface area contributed by atoms with Crippen LogP contribution in [-0.4, -0.2) is 17.5 Å². The molecule has 0 atom stereocenters. The largest absolute Gasteiger partial charge is 0.296 e. The highest BCUT2D eigenvalue weighted by atomic mass is 32.2. The summed E-state index contributed by atoms with van der Waals surface area (Å²) in [4.78, 5) is 15.1. The van der Waals surface area contributed by atoms with E-state index in [-0.39, 0.29) is 0 Å². The average Bonchev–Trinajstić information content (AvgIpc) is 2.73. The molecule has 0 radical (unpaired) electrons. The van der Waals surface area contributed by atoms with Crippen LogP contribution in [0.5, 0.6) is 0 Å². The molecule has 0 bridgehead atoms. The molecule has 1 aromatic heterocycles. The zero-order chi connectivity index (χ0) is 10.7. The zero-order valence-electron chi connectivity index (χ0n) is 8.14. The van der Waals surface area contributed by atoms with Crippen molar-refractivity contribution in [2.45, 2.75) is 4.21 Å². The minimum atomic E-state index is 0.548. The van der Waals surface area contributed by atoms with E-state index in [2.05, 4.69) is 4.98 Å². The lowest BCUT2D eigenvalue weighted by Gasteiger charge is -1.92. The number of thiazole rings is 1. The van der Waals surface area contributed by atoms with Gasteiger partial charge in [-0.2, -0.15) is 0 Å². The van der Waals surface area contributed by atoms with Crippen LogP contribution in [0.2, 0.25) is 0 Å². The average molecular weight is 235 g/mol. The number of hydrogen-bond donors (Lipinski definition) is 0. The van der Waals surface area contributed by atoms with E-state index >= 15 is 0 Å². The third kappa shape index (κ3) is 2.11. The van der Waals surface area contributed by atoms with Crippen LogP contribution in [0.1, 0.15) is 10.5 Å². The van der Waals surface area contributed by atoms with Crippen LogP contribution in [-0.2, 0) is 0 Å².